The van der Waals surface area contributed by atoms with Crippen LogP contribution in [0, 0.1) is 0 Å². The first-order valence-corrected chi connectivity index (χ1v) is 7.11. The Hall–Kier alpha value is -1.02. The molecule has 0 aromatic heterocycles. The Labute approximate surface area is 112 Å². The minimum absolute atomic E-state index is 0.281. The minimum Gasteiger partial charge on any atom is -0.490 e. The third kappa shape index (κ3) is 5.09. The van der Waals surface area contributed by atoms with E-state index in [1.165, 1.54) is 12.0 Å². The van der Waals surface area contributed by atoms with E-state index in [0.717, 1.165) is 25.3 Å². The van der Waals surface area contributed by atoms with E-state index in [9.17, 15) is 0 Å². The molecular weight excluding hydrogens is 222 g/mol. The molecule has 0 saturated heterocycles. The molecule has 0 aliphatic heterocycles. The quantitative estimate of drug-likeness (QED) is 0.704. The predicted molar refractivity (Wildman–Crippen MR) is 78.4 cm³/mol. The van der Waals surface area contributed by atoms with Gasteiger partial charge in [-0.2, -0.15) is 0 Å². The largest absolute Gasteiger partial charge is 0.490 e. The number of para-hydroxylation sites is 1. The van der Waals surface area contributed by atoms with E-state index in [1.807, 2.05) is 6.07 Å². The summed E-state index contributed by atoms with van der Waals surface area (Å²) in [4.78, 5) is 0. The van der Waals surface area contributed by atoms with Crippen LogP contribution in [0.3, 0.4) is 0 Å². The Morgan fingerprint density at radius 3 is 2.56 bits per heavy atom. The molecule has 0 heterocycles. The zero-order valence-electron chi connectivity index (χ0n) is 12.2. The van der Waals surface area contributed by atoms with Gasteiger partial charge in [-0.25, -0.2) is 0 Å². The Kier molecular flexibility index (Phi) is 6.81. The number of benzene rings is 1. The monoisotopic (exact) mass is 249 g/mol. The molecule has 1 unspecified atom stereocenters. The standard InChI is InChI=1S/C16H27NO/c1-5-17-12-8-9-14(4)18-16-11-7-6-10-15(16)13(2)3/h6-7,10-11,13-14,17H,5,8-9,12H2,1-4H3. The first kappa shape index (κ1) is 15.0. The molecule has 2 nitrogen and oxygen atoms in total. The van der Waals surface area contributed by atoms with Gasteiger partial charge in [0, 0.05) is 0 Å². The van der Waals surface area contributed by atoms with Crippen LogP contribution in [0.4, 0.5) is 0 Å². The van der Waals surface area contributed by atoms with Gasteiger partial charge < -0.3 is 10.1 Å². The summed E-state index contributed by atoms with van der Waals surface area (Å²) in [6.45, 7) is 10.8. The highest BCUT2D eigenvalue weighted by atomic mass is 16.5. The lowest BCUT2D eigenvalue weighted by atomic mass is 10.0. The van der Waals surface area contributed by atoms with Gasteiger partial charge in [-0.3, -0.25) is 0 Å². The Balaban J connectivity index is 2.46. The molecule has 0 radical (unpaired) electrons. The number of nitrogens with one attached hydrogen (secondary N) is 1. The summed E-state index contributed by atoms with van der Waals surface area (Å²) < 4.78 is 6.06. The van der Waals surface area contributed by atoms with Crippen molar-refractivity contribution >= 4 is 0 Å². The van der Waals surface area contributed by atoms with E-state index in [1.54, 1.807) is 0 Å². The second-order valence-corrected chi connectivity index (χ2v) is 5.12. The van der Waals surface area contributed by atoms with E-state index in [2.05, 4.69) is 51.2 Å². The average molecular weight is 249 g/mol. The summed E-state index contributed by atoms with van der Waals surface area (Å²) in [7, 11) is 0. The molecule has 0 aliphatic carbocycles. The van der Waals surface area contributed by atoms with Gasteiger partial charge in [0.15, 0.2) is 0 Å². The molecule has 0 amide bonds. The fourth-order valence-corrected chi connectivity index (χ4v) is 2.03. The van der Waals surface area contributed by atoms with Crippen molar-refractivity contribution in [3.8, 4) is 5.75 Å². The molecule has 1 atom stereocenters. The molecule has 102 valence electrons. The number of hydrogen-bond acceptors (Lipinski definition) is 2. The van der Waals surface area contributed by atoms with E-state index in [0.29, 0.717) is 5.92 Å². The summed E-state index contributed by atoms with van der Waals surface area (Å²) >= 11 is 0. The second kappa shape index (κ2) is 8.15. The van der Waals surface area contributed by atoms with Gasteiger partial charge in [-0.1, -0.05) is 39.0 Å². The van der Waals surface area contributed by atoms with Crippen LogP contribution in [-0.4, -0.2) is 19.2 Å². The molecule has 1 rings (SSSR count). The van der Waals surface area contributed by atoms with E-state index in [-0.39, 0.29) is 6.10 Å². The molecule has 0 fully saturated rings. The lowest BCUT2D eigenvalue weighted by Gasteiger charge is -2.19. The lowest BCUT2D eigenvalue weighted by molar-refractivity contribution is 0.205. The second-order valence-electron chi connectivity index (χ2n) is 5.12. The maximum Gasteiger partial charge on any atom is 0.123 e. The maximum absolute atomic E-state index is 6.06. The van der Waals surface area contributed by atoms with Crippen molar-refractivity contribution in [2.75, 3.05) is 13.1 Å². The average Bonchev–Trinajstić information content (AvgIpc) is 2.35. The van der Waals surface area contributed by atoms with Gasteiger partial charge in [0.05, 0.1) is 6.10 Å². The van der Waals surface area contributed by atoms with Crippen LogP contribution in [0.25, 0.3) is 0 Å². The van der Waals surface area contributed by atoms with Gasteiger partial charge in [-0.15, -0.1) is 0 Å². The maximum atomic E-state index is 6.06. The molecule has 1 aromatic carbocycles. The topological polar surface area (TPSA) is 21.3 Å². The summed E-state index contributed by atoms with van der Waals surface area (Å²) in [5.41, 5.74) is 1.30. The third-order valence-electron chi connectivity index (χ3n) is 3.08. The van der Waals surface area contributed by atoms with E-state index in [4.69, 9.17) is 4.74 Å². The molecule has 0 aliphatic rings. The van der Waals surface area contributed by atoms with Crippen molar-refractivity contribution in [2.45, 2.75) is 52.6 Å². The van der Waals surface area contributed by atoms with Gasteiger partial charge in [0.2, 0.25) is 0 Å². The third-order valence-corrected chi connectivity index (χ3v) is 3.08. The van der Waals surface area contributed by atoms with Crippen molar-refractivity contribution in [1.82, 2.24) is 5.32 Å². The van der Waals surface area contributed by atoms with E-state index >= 15 is 0 Å². The zero-order valence-corrected chi connectivity index (χ0v) is 12.2. The molecule has 0 saturated carbocycles. The lowest BCUT2D eigenvalue weighted by Crippen LogP contribution is -2.18. The summed E-state index contributed by atoms with van der Waals surface area (Å²) in [6, 6.07) is 8.37. The van der Waals surface area contributed by atoms with Crippen LogP contribution in [0.15, 0.2) is 24.3 Å². The van der Waals surface area contributed by atoms with Crippen LogP contribution >= 0.6 is 0 Å². The Morgan fingerprint density at radius 1 is 1.17 bits per heavy atom. The summed E-state index contributed by atoms with van der Waals surface area (Å²) in [5, 5.41) is 3.34. The zero-order chi connectivity index (χ0) is 13.4. The highest BCUT2D eigenvalue weighted by Gasteiger charge is 2.10. The summed E-state index contributed by atoms with van der Waals surface area (Å²) in [6.07, 6.45) is 2.54. The smallest absolute Gasteiger partial charge is 0.123 e. The van der Waals surface area contributed by atoms with Crippen molar-refractivity contribution < 1.29 is 4.74 Å². The molecule has 0 bridgehead atoms. The number of ether oxygens (including phenoxy) is 1. The summed E-state index contributed by atoms with van der Waals surface area (Å²) in [5.74, 6) is 1.55. The SMILES string of the molecule is CCNCCCC(C)Oc1ccccc1C(C)C. The van der Waals surface area contributed by atoms with Crippen LogP contribution < -0.4 is 10.1 Å². The molecule has 1 aromatic rings. The Bertz CT molecular complexity index is 336. The first-order chi connectivity index (χ1) is 8.65. The van der Waals surface area contributed by atoms with Crippen molar-refractivity contribution in [3.63, 3.8) is 0 Å². The Morgan fingerprint density at radius 2 is 1.89 bits per heavy atom. The van der Waals surface area contributed by atoms with Crippen LogP contribution in [0.1, 0.15) is 52.0 Å². The molecule has 1 N–H and O–H groups in total. The first-order valence-electron chi connectivity index (χ1n) is 7.11. The number of hydrogen-bond donors (Lipinski definition) is 1. The highest BCUT2D eigenvalue weighted by molar-refractivity contribution is 5.35. The molecule has 2 heteroatoms. The molecule has 0 spiro atoms. The van der Waals surface area contributed by atoms with Crippen LogP contribution in [0.2, 0.25) is 0 Å². The fourth-order valence-electron chi connectivity index (χ4n) is 2.03. The van der Waals surface area contributed by atoms with Gasteiger partial charge in [-0.05, 0) is 50.4 Å². The van der Waals surface area contributed by atoms with Gasteiger partial charge in [0.1, 0.15) is 5.75 Å². The molecule has 18 heavy (non-hydrogen) atoms. The normalized spacial score (nSPS) is 12.7. The van der Waals surface area contributed by atoms with Crippen molar-refractivity contribution in [3.05, 3.63) is 29.8 Å². The van der Waals surface area contributed by atoms with Crippen molar-refractivity contribution in [2.24, 2.45) is 0 Å². The predicted octanol–water partition coefficient (Wildman–Crippen LogP) is 3.97. The van der Waals surface area contributed by atoms with Crippen molar-refractivity contribution in [1.29, 1.82) is 0 Å². The van der Waals surface area contributed by atoms with Crippen LogP contribution in [-0.2, 0) is 0 Å². The number of rotatable bonds is 8. The molecular formula is C16H27NO. The highest BCUT2D eigenvalue weighted by Crippen LogP contribution is 2.27. The van der Waals surface area contributed by atoms with Crippen LogP contribution in [0.5, 0.6) is 5.75 Å². The minimum atomic E-state index is 0.281. The van der Waals surface area contributed by atoms with Gasteiger partial charge in [0.25, 0.3) is 0 Å². The fraction of sp³-hybridized carbons (Fsp3) is 0.625. The van der Waals surface area contributed by atoms with E-state index < -0.39 is 0 Å². The van der Waals surface area contributed by atoms with Gasteiger partial charge >= 0.3 is 0 Å².